The van der Waals surface area contributed by atoms with Crippen molar-refractivity contribution in [2.24, 2.45) is 11.5 Å². The Balaban J connectivity index is 2.32. The first-order valence-corrected chi connectivity index (χ1v) is 4.48. The highest BCUT2D eigenvalue weighted by Gasteiger charge is 2.20. The van der Waals surface area contributed by atoms with Crippen LogP contribution in [-0.4, -0.2) is 33.1 Å². The van der Waals surface area contributed by atoms with Crippen LogP contribution in [0.4, 0.5) is 0 Å². The highest BCUT2D eigenvalue weighted by Crippen LogP contribution is 2.11. The molecule has 78 valence electrons. The third kappa shape index (κ3) is 3.11. The molecule has 0 radical (unpaired) electrons. The van der Waals surface area contributed by atoms with Crippen molar-refractivity contribution in [3.63, 3.8) is 0 Å². The van der Waals surface area contributed by atoms with Crippen molar-refractivity contribution < 1.29 is 10.0 Å². The van der Waals surface area contributed by atoms with E-state index in [1.165, 1.54) is 0 Å². The molecule has 0 saturated heterocycles. The molecule has 0 aliphatic carbocycles. The summed E-state index contributed by atoms with van der Waals surface area (Å²) in [6.07, 6.45) is 4.32. The molecule has 1 aromatic rings. The predicted molar refractivity (Wildman–Crippen MR) is 52.9 cm³/mol. The molecule has 1 aromatic heterocycles. The van der Waals surface area contributed by atoms with Crippen LogP contribution in [0.25, 0.3) is 0 Å². The molecule has 0 fully saturated rings. The van der Waals surface area contributed by atoms with E-state index in [0.717, 1.165) is 0 Å². The maximum absolute atomic E-state index is 8.73. The Kier molecular flexibility index (Phi) is 4.08. The molecular weight excluding hydrogens is 183 g/mol. The monoisotopic (exact) mass is 198 g/mol. The van der Waals surface area contributed by atoms with E-state index in [4.69, 9.17) is 21.5 Å². The number of nitrogens with zero attached hydrogens (tertiary/aromatic N) is 1. The second kappa shape index (κ2) is 5.11. The van der Waals surface area contributed by atoms with E-state index in [1.807, 2.05) is 0 Å². The molecule has 7 N–H and O–H groups in total. The summed E-state index contributed by atoms with van der Waals surface area (Å²) in [7, 11) is -1.49. The van der Waals surface area contributed by atoms with Crippen molar-refractivity contribution in [3.05, 3.63) is 18.2 Å². The molecule has 1 rings (SSSR count). The Morgan fingerprint density at radius 1 is 1.43 bits per heavy atom. The average molecular weight is 198 g/mol. The van der Waals surface area contributed by atoms with E-state index in [0.29, 0.717) is 18.7 Å². The standard InChI is InChI=1S/C7H15BN4O2/c9-5(7-11-3-4-12-7)1-2-6(10)8(13)14/h3-6,13-14H,1-2,9-10H2,(H,11,12). The molecule has 0 aromatic carbocycles. The summed E-state index contributed by atoms with van der Waals surface area (Å²) in [5.41, 5.74) is 11.2. The van der Waals surface area contributed by atoms with Gasteiger partial charge in [-0.2, -0.15) is 0 Å². The minimum absolute atomic E-state index is 0.241. The Hall–Kier alpha value is -0.885. The Morgan fingerprint density at radius 3 is 2.64 bits per heavy atom. The van der Waals surface area contributed by atoms with Crippen LogP contribution in [0, 0.1) is 0 Å². The van der Waals surface area contributed by atoms with Crippen LogP contribution >= 0.6 is 0 Å². The van der Waals surface area contributed by atoms with Gasteiger partial charge in [-0.1, -0.05) is 0 Å². The molecule has 14 heavy (non-hydrogen) atoms. The summed E-state index contributed by atoms with van der Waals surface area (Å²) in [5, 5.41) is 17.5. The summed E-state index contributed by atoms with van der Waals surface area (Å²) >= 11 is 0. The Labute approximate surface area is 82.5 Å². The van der Waals surface area contributed by atoms with Gasteiger partial charge >= 0.3 is 7.12 Å². The molecule has 0 saturated carbocycles. The van der Waals surface area contributed by atoms with Crippen molar-refractivity contribution in [1.82, 2.24) is 9.97 Å². The third-order valence-electron chi connectivity index (χ3n) is 2.06. The van der Waals surface area contributed by atoms with Gasteiger partial charge in [0.15, 0.2) is 0 Å². The lowest BCUT2D eigenvalue weighted by Crippen LogP contribution is -2.39. The van der Waals surface area contributed by atoms with Crippen LogP contribution in [0.15, 0.2) is 12.4 Å². The van der Waals surface area contributed by atoms with Gasteiger partial charge in [0.1, 0.15) is 5.82 Å². The fraction of sp³-hybridized carbons (Fsp3) is 0.571. The van der Waals surface area contributed by atoms with Gasteiger partial charge in [0, 0.05) is 18.3 Å². The van der Waals surface area contributed by atoms with E-state index in [9.17, 15) is 0 Å². The number of imidazole rings is 1. The van der Waals surface area contributed by atoms with Crippen molar-refractivity contribution in [3.8, 4) is 0 Å². The zero-order chi connectivity index (χ0) is 10.6. The Bertz CT molecular complexity index is 254. The van der Waals surface area contributed by atoms with Gasteiger partial charge in [0.05, 0.1) is 6.04 Å². The van der Waals surface area contributed by atoms with Crippen LogP contribution < -0.4 is 11.5 Å². The van der Waals surface area contributed by atoms with Crippen molar-refractivity contribution in [2.75, 3.05) is 0 Å². The average Bonchev–Trinajstić information content (AvgIpc) is 2.66. The molecule has 0 bridgehead atoms. The predicted octanol–water partition coefficient (Wildman–Crippen LogP) is -1.47. The molecule has 0 spiro atoms. The van der Waals surface area contributed by atoms with E-state index < -0.39 is 13.1 Å². The summed E-state index contributed by atoms with van der Waals surface area (Å²) in [5.74, 6) is 0.0284. The number of hydrogen-bond donors (Lipinski definition) is 5. The zero-order valence-electron chi connectivity index (χ0n) is 7.80. The molecule has 0 amide bonds. The third-order valence-corrected chi connectivity index (χ3v) is 2.06. The number of nitrogens with one attached hydrogen (secondary N) is 1. The lowest BCUT2D eigenvalue weighted by molar-refractivity contribution is 0.377. The number of aromatic amines is 1. The van der Waals surface area contributed by atoms with Crippen LogP contribution in [0.3, 0.4) is 0 Å². The van der Waals surface area contributed by atoms with E-state index in [2.05, 4.69) is 9.97 Å². The van der Waals surface area contributed by atoms with E-state index >= 15 is 0 Å². The van der Waals surface area contributed by atoms with Crippen LogP contribution in [0.1, 0.15) is 24.7 Å². The van der Waals surface area contributed by atoms with Gasteiger partial charge < -0.3 is 26.5 Å². The number of rotatable bonds is 5. The summed E-state index contributed by atoms with van der Waals surface area (Å²) in [6, 6.07) is -0.241. The van der Waals surface area contributed by atoms with Crippen molar-refractivity contribution >= 4 is 7.12 Å². The number of nitrogens with two attached hydrogens (primary N) is 2. The first-order valence-electron chi connectivity index (χ1n) is 4.48. The van der Waals surface area contributed by atoms with E-state index in [1.54, 1.807) is 12.4 Å². The normalized spacial score (nSPS) is 15.1. The largest absolute Gasteiger partial charge is 0.469 e. The fourth-order valence-corrected chi connectivity index (χ4v) is 1.14. The second-order valence-corrected chi connectivity index (χ2v) is 3.24. The second-order valence-electron chi connectivity index (χ2n) is 3.24. The van der Waals surface area contributed by atoms with Crippen LogP contribution in [0.5, 0.6) is 0 Å². The molecule has 2 atom stereocenters. The lowest BCUT2D eigenvalue weighted by Gasteiger charge is -2.12. The van der Waals surface area contributed by atoms with Crippen molar-refractivity contribution in [1.29, 1.82) is 0 Å². The lowest BCUT2D eigenvalue weighted by atomic mass is 9.77. The van der Waals surface area contributed by atoms with Gasteiger partial charge in [-0.3, -0.25) is 0 Å². The fourth-order valence-electron chi connectivity index (χ4n) is 1.14. The maximum atomic E-state index is 8.73. The molecular formula is C7H15BN4O2. The molecule has 0 aliphatic rings. The van der Waals surface area contributed by atoms with Gasteiger partial charge in [0.25, 0.3) is 0 Å². The minimum Gasteiger partial charge on any atom is -0.426 e. The number of hydrogen-bond acceptors (Lipinski definition) is 5. The van der Waals surface area contributed by atoms with Gasteiger partial charge in [-0.25, -0.2) is 4.98 Å². The van der Waals surface area contributed by atoms with Gasteiger partial charge in [0.2, 0.25) is 0 Å². The zero-order valence-corrected chi connectivity index (χ0v) is 7.80. The summed E-state index contributed by atoms with van der Waals surface area (Å²) in [4.78, 5) is 6.88. The van der Waals surface area contributed by atoms with Gasteiger partial charge in [-0.05, 0) is 12.8 Å². The smallest absolute Gasteiger partial charge is 0.426 e. The topological polar surface area (TPSA) is 121 Å². The van der Waals surface area contributed by atoms with E-state index in [-0.39, 0.29) is 6.04 Å². The van der Waals surface area contributed by atoms with Gasteiger partial charge in [-0.15, -0.1) is 0 Å². The summed E-state index contributed by atoms with van der Waals surface area (Å²) in [6.45, 7) is 0. The SMILES string of the molecule is NC(CCC(N)c1ncc[nH]1)B(O)O. The maximum Gasteiger partial charge on any atom is 0.469 e. The molecule has 1 heterocycles. The minimum atomic E-state index is -1.49. The highest BCUT2D eigenvalue weighted by molar-refractivity contribution is 6.43. The number of H-pyrrole nitrogens is 1. The molecule has 6 nitrogen and oxygen atoms in total. The quantitative estimate of drug-likeness (QED) is 0.370. The first kappa shape index (κ1) is 11.2. The highest BCUT2D eigenvalue weighted by atomic mass is 16.4. The molecule has 2 unspecified atom stereocenters. The number of aromatic nitrogens is 2. The van der Waals surface area contributed by atoms with Crippen molar-refractivity contribution in [2.45, 2.75) is 24.8 Å². The van der Waals surface area contributed by atoms with Crippen LogP contribution in [0.2, 0.25) is 0 Å². The van der Waals surface area contributed by atoms with Crippen LogP contribution in [-0.2, 0) is 0 Å². The molecule has 0 aliphatic heterocycles. The summed E-state index contributed by atoms with van der Waals surface area (Å²) < 4.78 is 0. The Morgan fingerprint density at radius 2 is 2.14 bits per heavy atom. The first-order chi connectivity index (χ1) is 6.61. The molecule has 7 heteroatoms.